The maximum Gasteiger partial charge on any atom is 0.270 e. The highest BCUT2D eigenvalue weighted by atomic mass is 32.2. The number of non-ortho nitro benzene ring substituents is 1. The van der Waals surface area contributed by atoms with Crippen LogP contribution in [-0.2, 0) is 10.0 Å². The Morgan fingerprint density at radius 3 is 2.50 bits per heavy atom. The van der Waals surface area contributed by atoms with Gasteiger partial charge in [-0.2, -0.15) is 0 Å². The topological polar surface area (TPSA) is 89.3 Å². The van der Waals surface area contributed by atoms with E-state index in [2.05, 4.69) is 4.72 Å². The monoisotopic (exact) mass is 338 g/mol. The Hall–Kier alpha value is -1.90. The summed E-state index contributed by atoms with van der Waals surface area (Å²) >= 11 is 1.53. The third-order valence-electron chi connectivity index (χ3n) is 2.74. The van der Waals surface area contributed by atoms with Crippen LogP contribution in [0.2, 0.25) is 0 Å². The van der Waals surface area contributed by atoms with Crippen LogP contribution in [0.3, 0.4) is 0 Å². The molecule has 0 spiro atoms. The van der Waals surface area contributed by atoms with Crippen molar-refractivity contribution in [1.29, 1.82) is 0 Å². The molecule has 2 rings (SSSR count). The summed E-state index contributed by atoms with van der Waals surface area (Å²) in [7, 11) is -3.74. The number of nitrogens with zero attached hydrogens (tertiary/aromatic N) is 1. The molecule has 0 amide bonds. The van der Waals surface area contributed by atoms with Crippen LogP contribution in [0.15, 0.2) is 64.4 Å². The maximum absolute atomic E-state index is 12.1. The Morgan fingerprint density at radius 1 is 1.09 bits per heavy atom. The smallest absolute Gasteiger partial charge is 0.258 e. The van der Waals surface area contributed by atoms with Gasteiger partial charge in [0.1, 0.15) is 0 Å². The van der Waals surface area contributed by atoms with E-state index in [1.165, 1.54) is 30.0 Å². The fourth-order valence-corrected chi connectivity index (χ4v) is 3.70. The highest BCUT2D eigenvalue weighted by molar-refractivity contribution is 7.99. The minimum absolute atomic E-state index is 0.105. The van der Waals surface area contributed by atoms with Gasteiger partial charge in [0.05, 0.1) is 9.82 Å². The van der Waals surface area contributed by atoms with Crippen molar-refractivity contribution in [2.24, 2.45) is 0 Å². The first-order valence-corrected chi connectivity index (χ1v) is 8.88. The van der Waals surface area contributed by atoms with Gasteiger partial charge < -0.3 is 0 Å². The van der Waals surface area contributed by atoms with Gasteiger partial charge in [-0.05, 0) is 18.2 Å². The summed E-state index contributed by atoms with van der Waals surface area (Å²) in [6.45, 7) is 0.241. The summed E-state index contributed by atoms with van der Waals surface area (Å²) in [5, 5.41) is 10.7. The molecule has 0 unspecified atom stereocenters. The van der Waals surface area contributed by atoms with Crippen LogP contribution >= 0.6 is 11.8 Å². The second kappa shape index (κ2) is 7.39. The molecule has 116 valence electrons. The SMILES string of the molecule is O=[N+]([O-])c1cccc(S(=O)(=O)NCCSc2ccccc2)c1. The third kappa shape index (κ3) is 4.55. The van der Waals surface area contributed by atoms with Gasteiger partial charge in [0.2, 0.25) is 10.0 Å². The van der Waals surface area contributed by atoms with E-state index < -0.39 is 14.9 Å². The van der Waals surface area contributed by atoms with Crippen LogP contribution in [0.5, 0.6) is 0 Å². The number of benzene rings is 2. The number of sulfonamides is 1. The van der Waals surface area contributed by atoms with Gasteiger partial charge in [-0.15, -0.1) is 11.8 Å². The molecule has 0 atom stereocenters. The average Bonchev–Trinajstić information content (AvgIpc) is 2.53. The van der Waals surface area contributed by atoms with Gasteiger partial charge in [-0.1, -0.05) is 24.3 Å². The standard InChI is InChI=1S/C14H14N2O4S2/c17-16(18)12-5-4-8-14(11-12)22(19,20)15-9-10-21-13-6-2-1-3-7-13/h1-8,11,15H,9-10H2. The van der Waals surface area contributed by atoms with E-state index in [1.54, 1.807) is 0 Å². The predicted octanol–water partition coefficient (Wildman–Crippen LogP) is 2.67. The molecular formula is C14H14N2O4S2. The molecular weight excluding hydrogens is 324 g/mol. The normalized spacial score (nSPS) is 11.3. The van der Waals surface area contributed by atoms with E-state index in [-0.39, 0.29) is 17.1 Å². The number of thioether (sulfide) groups is 1. The molecule has 0 fully saturated rings. The molecule has 0 bridgehead atoms. The first kappa shape index (κ1) is 16.5. The second-order valence-electron chi connectivity index (χ2n) is 4.31. The van der Waals surface area contributed by atoms with E-state index in [0.717, 1.165) is 11.0 Å². The van der Waals surface area contributed by atoms with Crippen molar-refractivity contribution in [2.45, 2.75) is 9.79 Å². The molecule has 6 nitrogen and oxygen atoms in total. The Labute approximate surface area is 132 Å². The fraction of sp³-hybridized carbons (Fsp3) is 0.143. The van der Waals surface area contributed by atoms with E-state index in [4.69, 9.17) is 0 Å². The van der Waals surface area contributed by atoms with Crippen molar-refractivity contribution in [3.63, 3.8) is 0 Å². The zero-order chi connectivity index (χ0) is 16.0. The number of rotatable bonds is 7. The van der Waals surface area contributed by atoms with Crippen LogP contribution in [0.1, 0.15) is 0 Å². The largest absolute Gasteiger partial charge is 0.270 e. The van der Waals surface area contributed by atoms with Gasteiger partial charge in [0.25, 0.3) is 5.69 Å². The Morgan fingerprint density at radius 2 is 1.82 bits per heavy atom. The number of nitro benzene ring substituents is 1. The van der Waals surface area contributed by atoms with Crippen molar-refractivity contribution in [1.82, 2.24) is 4.72 Å². The van der Waals surface area contributed by atoms with Crippen molar-refractivity contribution in [3.8, 4) is 0 Å². The molecule has 0 aromatic heterocycles. The molecule has 0 aliphatic heterocycles. The van der Waals surface area contributed by atoms with E-state index >= 15 is 0 Å². The van der Waals surface area contributed by atoms with Gasteiger partial charge in [-0.25, -0.2) is 13.1 Å². The van der Waals surface area contributed by atoms with Crippen molar-refractivity contribution >= 4 is 27.5 Å². The average molecular weight is 338 g/mol. The summed E-state index contributed by atoms with van der Waals surface area (Å²) in [5.41, 5.74) is -0.249. The molecule has 2 aromatic carbocycles. The second-order valence-corrected chi connectivity index (χ2v) is 7.25. The summed E-state index contributed by atoms with van der Waals surface area (Å²) in [4.78, 5) is 11.0. The summed E-state index contributed by atoms with van der Waals surface area (Å²) in [5.74, 6) is 0.568. The Bertz CT molecular complexity index is 748. The molecule has 0 saturated heterocycles. The van der Waals surface area contributed by atoms with E-state index in [9.17, 15) is 18.5 Å². The van der Waals surface area contributed by atoms with Crippen molar-refractivity contribution < 1.29 is 13.3 Å². The predicted molar refractivity (Wildman–Crippen MR) is 85.5 cm³/mol. The molecule has 0 aliphatic carbocycles. The molecule has 0 aliphatic rings. The lowest BCUT2D eigenvalue weighted by atomic mass is 10.3. The highest BCUT2D eigenvalue weighted by Gasteiger charge is 2.16. The zero-order valence-corrected chi connectivity index (χ0v) is 13.1. The zero-order valence-electron chi connectivity index (χ0n) is 11.5. The van der Waals surface area contributed by atoms with Crippen molar-refractivity contribution in [2.75, 3.05) is 12.3 Å². The lowest BCUT2D eigenvalue weighted by Gasteiger charge is -2.06. The van der Waals surface area contributed by atoms with Crippen LogP contribution in [0, 0.1) is 10.1 Å². The van der Waals surface area contributed by atoms with E-state index in [1.807, 2.05) is 30.3 Å². The summed E-state index contributed by atoms with van der Waals surface area (Å²) in [6.07, 6.45) is 0. The third-order valence-corrected chi connectivity index (χ3v) is 5.22. The Balaban J connectivity index is 1.94. The van der Waals surface area contributed by atoms with Crippen molar-refractivity contribution in [3.05, 3.63) is 64.7 Å². The molecule has 0 heterocycles. The number of hydrogen-bond acceptors (Lipinski definition) is 5. The minimum Gasteiger partial charge on any atom is -0.258 e. The molecule has 22 heavy (non-hydrogen) atoms. The van der Waals surface area contributed by atoms with Crippen LogP contribution in [0.4, 0.5) is 5.69 Å². The lowest BCUT2D eigenvalue weighted by molar-refractivity contribution is -0.385. The first-order chi connectivity index (χ1) is 10.5. The molecule has 0 radical (unpaired) electrons. The molecule has 1 N–H and O–H groups in total. The molecule has 8 heteroatoms. The molecule has 2 aromatic rings. The van der Waals surface area contributed by atoms with Gasteiger partial charge in [-0.3, -0.25) is 10.1 Å². The maximum atomic E-state index is 12.1. The van der Waals surface area contributed by atoms with Gasteiger partial charge in [0, 0.05) is 29.3 Å². The number of nitro groups is 1. The fourth-order valence-electron chi connectivity index (χ4n) is 1.71. The number of nitrogens with one attached hydrogen (secondary N) is 1. The quantitative estimate of drug-likeness (QED) is 0.363. The first-order valence-electron chi connectivity index (χ1n) is 6.41. The van der Waals surface area contributed by atoms with E-state index in [0.29, 0.717) is 5.75 Å². The highest BCUT2D eigenvalue weighted by Crippen LogP contribution is 2.18. The summed E-state index contributed by atoms with van der Waals surface area (Å²) < 4.78 is 26.6. The summed E-state index contributed by atoms with van der Waals surface area (Å²) in [6, 6.07) is 14.6. The van der Waals surface area contributed by atoms with Crippen LogP contribution in [-0.4, -0.2) is 25.6 Å². The lowest BCUT2D eigenvalue weighted by Crippen LogP contribution is -2.26. The van der Waals surface area contributed by atoms with Crippen LogP contribution in [0.25, 0.3) is 0 Å². The molecule has 0 saturated carbocycles. The minimum atomic E-state index is -3.74. The van der Waals surface area contributed by atoms with Gasteiger partial charge in [0.15, 0.2) is 0 Å². The van der Waals surface area contributed by atoms with Gasteiger partial charge >= 0.3 is 0 Å². The van der Waals surface area contributed by atoms with Crippen LogP contribution < -0.4 is 4.72 Å². The number of hydrogen-bond donors (Lipinski definition) is 1. The Kier molecular flexibility index (Phi) is 5.53.